The fourth-order valence-electron chi connectivity index (χ4n) is 2.52. The SMILES string of the molecule is CC(=O)OB(c1ccc(C)cc1)c1ccc(C(F)(F)F)cc1.OCCCNCNCO. The lowest BCUT2D eigenvalue weighted by atomic mass is 9.55. The molecule has 2 rings (SSSR count). The van der Waals surface area contributed by atoms with Crippen LogP contribution in [0, 0.1) is 6.92 Å². The molecule has 0 saturated carbocycles. The van der Waals surface area contributed by atoms with Gasteiger partial charge in [-0.25, -0.2) is 0 Å². The number of aliphatic hydroxyl groups is 2. The zero-order valence-electron chi connectivity index (χ0n) is 17.6. The van der Waals surface area contributed by atoms with Gasteiger partial charge in [-0.3, -0.25) is 10.1 Å². The molecule has 0 heterocycles. The van der Waals surface area contributed by atoms with Crippen LogP contribution in [0.2, 0.25) is 0 Å². The van der Waals surface area contributed by atoms with Crippen LogP contribution in [0.3, 0.4) is 0 Å². The summed E-state index contributed by atoms with van der Waals surface area (Å²) in [5.41, 5.74) is 1.51. The third kappa shape index (κ3) is 10.5. The molecular weight excluding hydrogens is 412 g/mol. The maximum absolute atomic E-state index is 12.6. The summed E-state index contributed by atoms with van der Waals surface area (Å²) >= 11 is 0. The molecule has 6 nitrogen and oxygen atoms in total. The van der Waals surface area contributed by atoms with Crippen molar-refractivity contribution >= 4 is 23.8 Å². The summed E-state index contributed by atoms with van der Waals surface area (Å²) in [5, 5.41) is 22.2. The Kier molecular flexibility index (Phi) is 11.9. The summed E-state index contributed by atoms with van der Waals surface area (Å²) in [7, 11) is 0. The number of rotatable bonds is 9. The van der Waals surface area contributed by atoms with Gasteiger partial charge in [-0.15, -0.1) is 0 Å². The number of nitrogens with one attached hydrogen (secondary N) is 2. The molecule has 0 amide bonds. The van der Waals surface area contributed by atoms with Crippen LogP contribution in [0.5, 0.6) is 0 Å². The van der Waals surface area contributed by atoms with E-state index in [1.54, 1.807) is 12.1 Å². The normalized spacial score (nSPS) is 10.8. The molecule has 0 unspecified atom stereocenters. The Bertz CT molecular complexity index is 766. The van der Waals surface area contributed by atoms with Crippen LogP contribution in [-0.2, 0) is 15.6 Å². The molecule has 2 aromatic carbocycles. The van der Waals surface area contributed by atoms with Gasteiger partial charge in [0.25, 0.3) is 5.97 Å². The molecule has 0 aliphatic rings. The Morgan fingerprint density at radius 2 is 1.55 bits per heavy atom. The van der Waals surface area contributed by atoms with Crippen LogP contribution in [0.15, 0.2) is 48.5 Å². The Balaban J connectivity index is 0.000000452. The second kappa shape index (κ2) is 13.8. The first-order chi connectivity index (χ1) is 14.7. The monoisotopic (exact) mass is 440 g/mol. The van der Waals surface area contributed by atoms with Crippen molar-refractivity contribution < 1.29 is 32.8 Å². The quantitative estimate of drug-likeness (QED) is 0.266. The van der Waals surface area contributed by atoms with Gasteiger partial charge in [0.05, 0.1) is 12.3 Å². The van der Waals surface area contributed by atoms with Crippen molar-refractivity contribution in [2.24, 2.45) is 0 Å². The maximum atomic E-state index is 12.6. The molecular formula is C21H28BF3N2O4. The number of halogens is 3. The molecule has 0 aliphatic heterocycles. The van der Waals surface area contributed by atoms with Crippen LogP contribution in [0.25, 0.3) is 0 Å². The van der Waals surface area contributed by atoms with E-state index in [1.807, 2.05) is 19.1 Å². The number of hydrogen-bond acceptors (Lipinski definition) is 6. The largest absolute Gasteiger partial charge is 0.526 e. The molecule has 0 radical (unpaired) electrons. The average Bonchev–Trinajstić information content (AvgIpc) is 2.73. The first kappa shape index (κ1) is 26.6. The lowest BCUT2D eigenvalue weighted by Gasteiger charge is -2.15. The van der Waals surface area contributed by atoms with Crippen molar-refractivity contribution in [1.29, 1.82) is 0 Å². The third-order valence-corrected chi connectivity index (χ3v) is 4.08. The van der Waals surface area contributed by atoms with E-state index in [9.17, 15) is 18.0 Å². The summed E-state index contributed by atoms with van der Waals surface area (Å²) in [6.45, 7) is 4.05. The van der Waals surface area contributed by atoms with E-state index in [1.165, 1.54) is 19.1 Å². The maximum Gasteiger partial charge on any atom is 0.429 e. The van der Waals surface area contributed by atoms with E-state index in [4.69, 9.17) is 14.9 Å². The van der Waals surface area contributed by atoms with Gasteiger partial charge in [0.2, 0.25) is 0 Å². The van der Waals surface area contributed by atoms with Crippen molar-refractivity contribution in [3.63, 3.8) is 0 Å². The van der Waals surface area contributed by atoms with Gasteiger partial charge < -0.3 is 20.2 Å². The van der Waals surface area contributed by atoms with Crippen LogP contribution >= 0.6 is 0 Å². The van der Waals surface area contributed by atoms with Gasteiger partial charge in [-0.1, -0.05) is 54.1 Å². The highest BCUT2D eigenvalue weighted by Crippen LogP contribution is 2.28. The summed E-state index contributed by atoms with van der Waals surface area (Å²) in [4.78, 5) is 11.3. The smallest absolute Gasteiger partial charge is 0.429 e. The van der Waals surface area contributed by atoms with Gasteiger partial charge in [0, 0.05) is 20.2 Å². The summed E-state index contributed by atoms with van der Waals surface area (Å²) < 4.78 is 43.1. The molecule has 170 valence electrons. The van der Waals surface area contributed by atoms with Crippen molar-refractivity contribution in [2.75, 3.05) is 26.6 Å². The molecule has 31 heavy (non-hydrogen) atoms. The van der Waals surface area contributed by atoms with Crippen molar-refractivity contribution in [3.05, 3.63) is 59.7 Å². The van der Waals surface area contributed by atoms with Crippen LogP contribution in [0.1, 0.15) is 24.5 Å². The number of aryl methyl sites for hydroxylation is 1. The molecule has 0 bridgehead atoms. The predicted molar refractivity (Wildman–Crippen MR) is 114 cm³/mol. The van der Waals surface area contributed by atoms with Crippen LogP contribution < -0.4 is 21.6 Å². The molecule has 0 aromatic heterocycles. The first-order valence-electron chi connectivity index (χ1n) is 9.73. The van der Waals surface area contributed by atoms with Gasteiger partial charge >= 0.3 is 13.1 Å². The van der Waals surface area contributed by atoms with Crippen LogP contribution in [0.4, 0.5) is 13.2 Å². The Labute approximate surface area is 180 Å². The molecule has 2 aromatic rings. The van der Waals surface area contributed by atoms with E-state index in [2.05, 4.69) is 10.6 Å². The lowest BCUT2D eigenvalue weighted by Crippen LogP contribution is -2.46. The average molecular weight is 440 g/mol. The number of carbonyl (C=O) groups is 1. The van der Waals surface area contributed by atoms with E-state index in [0.717, 1.165) is 30.7 Å². The summed E-state index contributed by atoms with van der Waals surface area (Å²) in [6.07, 6.45) is -3.63. The first-order valence-corrected chi connectivity index (χ1v) is 9.73. The molecule has 0 atom stereocenters. The molecule has 0 spiro atoms. The third-order valence-electron chi connectivity index (χ3n) is 4.08. The second-order valence-corrected chi connectivity index (χ2v) is 6.68. The number of benzene rings is 2. The number of alkyl halides is 3. The highest BCUT2D eigenvalue weighted by Gasteiger charge is 2.31. The molecule has 0 aliphatic carbocycles. The fraction of sp³-hybridized carbons (Fsp3) is 0.381. The zero-order valence-corrected chi connectivity index (χ0v) is 17.6. The molecule has 0 fully saturated rings. The minimum atomic E-state index is -4.39. The van der Waals surface area contributed by atoms with Gasteiger partial charge in [-0.05, 0) is 30.8 Å². The number of aliphatic hydroxyl groups excluding tert-OH is 2. The molecule has 4 N–H and O–H groups in total. The van der Waals surface area contributed by atoms with Gasteiger partial charge in [0.15, 0.2) is 0 Å². The second-order valence-electron chi connectivity index (χ2n) is 6.68. The summed E-state index contributed by atoms with van der Waals surface area (Å²) in [6, 6.07) is 11.9. The van der Waals surface area contributed by atoms with Gasteiger partial charge in [-0.2, -0.15) is 13.2 Å². The number of carbonyl (C=O) groups excluding carboxylic acids is 1. The van der Waals surface area contributed by atoms with Crippen molar-refractivity contribution in [2.45, 2.75) is 26.4 Å². The lowest BCUT2D eigenvalue weighted by molar-refractivity contribution is -0.137. The fourth-order valence-corrected chi connectivity index (χ4v) is 2.52. The minimum Gasteiger partial charge on any atom is -0.526 e. The van der Waals surface area contributed by atoms with Crippen molar-refractivity contribution in [3.8, 4) is 0 Å². The Hall–Kier alpha value is -2.40. The van der Waals surface area contributed by atoms with E-state index in [-0.39, 0.29) is 13.3 Å². The zero-order chi connectivity index (χ0) is 23.3. The molecule has 0 saturated heterocycles. The Morgan fingerprint density at radius 1 is 1.00 bits per heavy atom. The van der Waals surface area contributed by atoms with Crippen molar-refractivity contribution in [1.82, 2.24) is 10.6 Å². The van der Waals surface area contributed by atoms with E-state index < -0.39 is 24.6 Å². The standard InChI is InChI=1S/C16H14BF3O2.C5H14N2O2/c1-11-3-7-14(8-4-11)17(22-12(2)21)15-9-5-13(6-10-15)16(18,19)20;8-3-1-2-6-4-7-5-9/h3-10H,1-2H3;6-9H,1-5H2. The van der Waals surface area contributed by atoms with E-state index in [0.29, 0.717) is 17.6 Å². The number of hydrogen-bond donors (Lipinski definition) is 4. The topological polar surface area (TPSA) is 90.8 Å². The summed E-state index contributed by atoms with van der Waals surface area (Å²) in [5.74, 6) is -0.495. The van der Waals surface area contributed by atoms with E-state index >= 15 is 0 Å². The molecule has 10 heteroatoms. The predicted octanol–water partition coefficient (Wildman–Crippen LogP) is 1.14. The highest BCUT2D eigenvalue weighted by atomic mass is 19.4. The minimum absolute atomic E-state index is 0.00781. The van der Waals surface area contributed by atoms with Crippen LogP contribution in [-0.4, -0.2) is 49.6 Å². The Morgan fingerprint density at radius 3 is 2.00 bits per heavy atom. The highest BCUT2D eigenvalue weighted by molar-refractivity contribution is 6.81. The van der Waals surface area contributed by atoms with Gasteiger partial charge in [0.1, 0.15) is 0 Å².